The minimum atomic E-state index is -0.349. The van der Waals surface area contributed by atoms with E-state index in [1.54, 1.807) is 54.8 Å². The maximum absolute atomic E-state index is 14.2. The number of halogens is 2. The van der Waals surface area contributed by atoms with E-state index >= 15 is 0 Å². The van der Waals surface area contributed by atoms with E-state index in [0.717, 1.165) is 15.4 Å². The Morgan fingerprint density at radius 3 is 2.67 bits per heavy atom. The summed E-state index contributed by atoms with van der Waals surface area (Å²) in [6, 6.07) is 24.6. The summed E-state index contributed by atoms with van der Waals surface area (Å²) in [6.07, 6.45) is 3.75. The first-order chi connectivity index (χ1) is 20.9. The molecule has 6 aromatic rings. The van der Waals surface area contributed by atoms with Gasteiger partial charge in [-0.05, 0) is 66.6 Å². The van der Waals surface area contributed by atoms with Gasteiger partial charge in [-0.15, -0.1) is 6.58 Å². The smallest absolute Gasteiger partial charge is 0.282 e. The molecule has 214 valence electrons. The van der Waals surface area contributed by atoms with Crippen molar-refractivity contribution in [3.63, 3.8) is 0 Å². The fraction of sp³-hybridized carbons (Fsp3) is 0.0882. The van der Waals surface area contributed by atoms with Crippen molar-refractivity contribution in [3.8, 4) is 23.1 Å². The van der Waals surface area contributed by atoms with Crippen LogP contribution < -0.4 is 15.0 Å². The number of benzene rings is 4. The molecule has 0 bridgehead atoms. The third-order valence-electron chi connectivity index (χ3n) is 6.84. The number of para-hydroxylation sites is 1. The van der Waals surface area contributed by atoms with Gasteiger partial charge in [0.2, 0.25) is 5.82 Å². The Morgan fingerprint density at radius 2 is 1.86 bits per heavy atom. The van der Waals surface area contributed by atoms with Crippen molar-refractivity contribution in [2.45, 2.75) is 13.0 Å². The molecule has 43 heavy (non-hydrogen) atoms. The maximum Gasteiger partial charge on any atom is 0.282 e. The zero-order valence-corrected chi connectivity index (χ0v) is 24.7. The van der Waals surface area contributed by atoms with Crippen molar-refractivity contribution in [2.24, 2.45) is 5.10 Å². The van der Waals surface area contributed by atoms with Gasteiger partial charge in [-0.3, -0.25) is 4.79 Å². The highest BCUT2D eigenvalue weighted by atomic mass is 79.9. The van der Waals surface area contributed by atoms with Crippen molar-refractivity contribution < 1.29 is 18.3 Å². The highest BCUT2D eigenvalue weighted by molar-refractivity contribution is 9.10. The number of allylic oxidation sites excluding steroid dienone is 1. The minimum Gasteiger partial charge on any atom is -0.493 e. The molecule has 9 heteroatoms. The highest BCUT2D eigenvalue weighted by Crippen LogP contribution is 2.34. The summed E-state index contributed by atoms with van der Waals surface area (Å²) in [5.41, 5.74) is 2.67. The molecule has 0 saturated carbocycles. The lowest BCUT2D eigenvalue weighted by Crippen LogP contribution is -2.20. The zero-order chi connectivity index (χ0) is 29.9. The molecule has 0 aliphatic heterocycles. The summed E-state index contributed by atoms with van der Waals surface area (Å²) in [4.78, 5) is 18.4. The normalized spacial score (nSPS) is 11.4. The molecule has 4 aromatic carbocycles. The summed E-state index contributed by atoms with van der Waals surface area (Å²) >= 11 is 3.49. The third-order valence-corrected chi connectivity index (χ3v) is 7.34. The lowest BCUT2D eigenvalue weighted by molar-refractivity contribution is 0.277. The topological polar surface area (TPSA) is 78.9 Å². The van der Waals surface area contributed by atoms with Crippen LogP contribution in [0.1, 0.15) is 16.7 Å². The van der Waals surface area contributed by atoms with E-state index in [-0.39, 0.29) is 23.8 Å². The van der Waals surface area contributed by atoms with Crippen LogP contribution in [0.15, 0.2) is 116 Å². The maximum atomic E-state index is 14.2. The molecule has 7 nitrogen and oxygen atoms in total. The second kappa shape index (κ2) is 12.1. The van der Waals surface area contributed by atoms with E-state index in [0.29, 0.717) is 51.3 Å². The van der Waals surface area contributed by atoms with Gasteiger partial charge in [-0.1, -0.05) is 52.3 Å². The first-order valence-corrected chi connectivity index (χ1v) is 14.2. The Balaban J connectivity index is 1.43. The quantitative estimate of drug-likeness (QED) is 0.119. The molecule has 2 heterocycles. The van der Waals surface area contributed by atoms with E-state index in [4.69, 9.17) is 18.9 Å². The molecule has 0 unspecified atom stereocenters. The molecule has 0 atom stereocenters. The van der Waals surface area contributed by atoms with Crippen molar-refractivity contribution in [3.05, 3.63) is 135 Å². The number of nitrogens with zero attached hydrogens (tertiary/aromatic N) is 3. The van der Waals surface area contributed by atoms with Crippen LogP contribution in [0.25, 0.3) is 33.5 Å². The highest BCUT2D eigenvalue weighted by Gasteiger charge is 2.18. The fourth-order valence-electron chi connectivity index (χ4n) is 4.79. The van der Waals surface area contributed by atoms with Gasteiger partial charge in [0.15, 0.2) is 17.3 Å². The van der Waals surface area contributed by atoms with Crippen LogP contribution in [0.4, 0.5) is 4.39 Å². The van der Waals surface area contributed by atoms with E-state index in [1.165, 1.54) is 17.9 Å². The van der Waals surface area contributed by atoms with Crippen LogP contribution >= 0.6 is 15.9 Å². The molecular formula is C34H25BrFN3O4. The molecular weight excluding hydrogens is 613 g/mol. The number of hydrogen-bond donors (Lipinski definition) is 0. The summed E-state index contributed by atoms with van der Waals surface area (Å²) in [6.45, 7) is 3.88. The Hall–Kier alpha value is -5.02. The van der Waals surface area contributed by atoms with Gasteiger partial charge < -0.3 is 13.9 Å². The van der Waals surface area contributed by atoms with Gasteiger partial charge in [-0.25, -0.2) is 9.37 Å². The third kappa shape index (κ3) is 5.72. The largest absolute Gasteiger partial charge is 0.493 e. The molecule has 2 aromatic heterocycles. The Morgan fingerprint density at radius 1 is 1.05 bits per heavy atom. The van der Waals surface area contributed by atoms with E-state index < -0.39 is 0 Å². The van der Waals surface area contributed by atoms with Crippen molar-refractivity contribution >= 4 is 44.0 Å². The van der Waals surface area contributed by atoms with Crippen LogP contribution in [0, 0.1) is 5.82 Å². The number of furan rings is 1. The van der Waals surface area contributed by atoms with E-state index in [1.807, 2.05) is 36.4 Å². The Bertz CT molecular complexity index is 2080. The number of ether oxygens (including phenoxy) is 2. The predicted octanol–water partition coefficient (Wildman–Crippen LogP) is 7.91. The molecule has 0 N–H and O–H groups in total. The predicted molar refractivity (Wildman–Crippen MR) is 170 cm³/mol. The van der Waals surface area contributed by atoms with Crippen LogP contribution in [-0.2, 0) is 13.0 Å². The zero-order valence-electron chi connectivity index (χ0n) is 23.1. The van der Waals surface area contributed by atoms with Gasteiger partial charge in [0.1, 0.15) is 18.0 Å². The van der Waals surface area contributed by atoms with Gasteiger partial charge >= 0.3 is 0 Å². The van der Waals surface area contributed by atoms with Crippen LogP contribution in [0.2, 0.25) is 0 Å². The van der Waals surface area contributed by atoms with Gasteiger partial charge in [0.25, 0.3) is 5.56 Å². The number of hydrogen-bond acceptors (Lipinski definition) is 6. The van der Waals surface area contributed by atoms with E-state index in [9.17, 15) is 9.18 Å². The molecule has 0 aliphatic rings. The van der Waals surface area contributed by atoms with E-state index in [2.05, 4.69) is 27.6 Å². The van der Waals surface area contributed by atoms with Crippen molar-refractivity contribution in [1.29, 1.82) is 0 Å². The monoisotopic (exact) mass is 637 g/mol. The van der Waals surface area contributed by atoms with Gasteiger partial charge in [0, 0.05) is 21.0 Å². The number of aromatic nitrogens is 2. The fourth-order valence-corrected chi connectivity index (χ4v) is 5.16. The summed E-state index contributed by atoms with van der Waals surface area (Å²) in [5.74, 6) is 1.22. The number of rotatable bonds is 9. The Kier molecular flexibility index (Phi) is 7.89. The molecule has 0 saturated heterocycles. The molecule has 0 amide bonds. The van der Waals surface area contributed by atoms with Crippen LogP contribution in [-0.4, -0.2) is 23.0 Å². The first kappa shape index (κ1) is 28.1. The van der Waals surface area contributed by atoms with Gasteiger partial charge in [0.05, 0.1) is 24.2 Å². The molecule has 0 aliphatic carbocycles. The van der Waals surface area contributed by atoms with Crippen LogP contribution in [0.3, 0.4) is 0 Å². The molecule has 0 radical (unpaired) electrons. The molecule has 6 rings (SSSR count). The second-order valence-electron chi connectivity index (χ2n) is 9.69. The standard InChI is InChI=1S/C34H25BrFN3O4/c1-3-8-22-15-21(16-30(41-2)32(22)42-20-23-9-4-6-11-27(23)36)19-37-39-33(38-28-12-7-5-10-26(28)34(39)40)31-18-24-17-25(35)13-14-29(24)43-31/h3-7,9-19H,1,8,20H2,2H3. The minimum absolute atomic E-state index is 0.0240. The molecule has 0 spiro atoms. The summed E-state index contributed by atoms with van der Waals surface area (Å²) in [5, 5.41) is 5.85. The Labute approximate surface area is 254 Å². The second-order valence-corrected chi connectivity index (χ2v) is 10.6. The average Bonchev–Trinajstić information content (AvgIpc) is 3.43. The number of methoxy groups -OCH3 is 1. The SMILES string of the molecule is C=CCc1cc(C=Nn2c(-c3cc4cc(Br)ccc4o3)nc3ccccc3c2=O)cc(OC)c1OCc1ccccc1F. The van der Waals surface area contributed by atoms with Crippen LogP contribution in [0.5, 0.6) is 11.5 Å². The lowest BCUT2D eigenvalue weighted by atomic mass is 10.1. The molecule has 0 fully saturated rings. The van der Waals surface area contributed by atoms with Crippen molar-refractivity contribution in [1.82, 2.24) is 9.66 Å². The lowest BCUT2D eigenvalue weighted by Gasteiger charge is -2.16. The van der Waals surface area contributed by atoms with Crippen molar-refractivity contribution in [2.75, 3.05) is 7.11 Å². The average molecular weight is 638 g/mol. The van der Waals surface area contributed by atoms with Gasteiger partial charge in [-0.2, -0.15) is 9.78 Å². The number of fused-ring (bicyclic) bond motifs is 2. The first-order valence-electron chi connectivity index (χ1n) is 13.4. The summed E-state index contributed by atoms with van der Waals surface area (Å²) < 4.78 is 34.1. The summed E-state index contributed by atoms with van der Waals surface area (Å²) in [7, 11) is 1.53.